The maximum atomic E-state index is 11.7. The first-order valence-electron chi connectivity index (χ1n) is 12.7. The van der Waals surface area contributed by atoms with Gasteiger partial charge in [-0.15, -0.1) is 0 Å². The normalized spacial score (nSPS) is 33.5. The number of rotatable bonds is 6. The number of nitrogens with zero attached hydrogens (tertiary/aromatic N) is 1. The Morgan fingerprint density at radius 3 is 2.56 bits per heavy atom. The van der Waals surface area contributed by atoms with Crippen molar-refractivity contribution in [2.45, 2.75) is 71.2 Å². The molecular formula is C28H38ClNO4. The Bertz CT molecular complexity index is 879. The zero-order valence-electron chi connectivity index (χ0n) is 20.8. The van der Waals surface area contributed by atoms with Gasteiger partial charge in [0.15, 0.2) is 0 Å². The molecule has 1 heterocycles. The molecule has 186 valence electrons. The molecule has 0 aromatic heterocycles. The molecule has 1 saturated carbocycles. The zero-order chi connectivity index (χ0) is 24.5. The third kappa shape index (κ3) is 5.63. The standard InChI is InChI=1S/C28H38ClNO4/c1-18-15-26-25(10-5-20(3)28(26,32)16-27(18)33-21(4)31)19(2)17-30-13-11-24(12-14-30)34-23-8-6-22(29)7-9-23/h6-9,15,19-20,24-27,32H,5,10-14,17H2,1-4H3/t19-,20+,25-,26+,27+,28+/m0/s1. The molecule has 5 nitrogen and oxygen atoms in total. The van der Waals surface area contributed by atoms with Crippen molar-refractivity contribution in [1.82, 2.24) is 4.90 Å². The number of halogens is 1. The van der Waals surface area contributed by atoms with Crippen molar-refractivity contribution in [2.24, 2.45) is 23.7 Å². The van der Waals surface area contributed by atoms with Crippen molar-refractivity contribution in [2.75, 3.05) is 19.6 Å². The molecule has 0 unspecified atom stereocenters. The Hall–Kier alpha value is -1.56. The van der Waals surface area contributed by atoms with Crippen molar-refractivity contribution >= 4 is 17.6 Å². The quantitative estimate of drug-likeness (QED) is 0.442. The van der Waals surface area contributed by atoms with Crippen LogP contribution in [0.15, 0.2) is 35.9 Å². The summed E-state index contributed by atoms with van der Waals surface area (Å²) in [6.07, 6.45) is 9.19. The van der Waals surface area contributed by atoms with Crippen LogP contribution in [-0.4, -0.2) is 53.4 Å². The number of benzene rings is 1. The monoisotopic (exact) mass is 487 g/mol. The van der Waals surface area contributed by atoms with Gasteiger partial charge in [0.2, 0.25) is 0 Å². The number of hydrogen-bond acceptors (Lipinski definition) is 5. The van der Waals surface area contributed by atoms with Gasteiger partial charge in [-0.2, -0.15) is 0 Å². The molecule has 1 saturated heterocycles. The van der Waals surface area contributed by atoms with Gasteiger partial charge in [0.25, 0.3) is 0 Å². The van der Waals surface area contributed by atoms with E-state index in [1.165, 1.54) is 6.92 Å². The summed E-state index contributed by atoms with van der Waals surface area (Å²) in [6.45, 7) is 10.8. The van der Waals surface area contributed by atoms with Crippen molar-refractivity contribution in [3.8, 4) is 5.75 Å². The molecule has 2 fully saturated rings. The van der Waals surface area contributed by atoms with Crippen LogP contribution in [0.4, 0.5) is 0 Å². The van der Waals surface area contributed by atoms with E-state index in [0.717, 1.165) is 61.7 Å². The highest BCUT2D eigenvalue weighted by molar-refractivity contribution is 6.30. The molecule has 2 radical (unpaired) electrons. The summed E-state index contributed by atoms with van der Waals surface area (Å²) >= 11 is 5.98. The first-order chi connectivity index (χ1) is 16.2. The highest BCUT2D eigenvalue weighted by atomic mass is 35.5. The van der Waals surface area contributed by atoms with Crippen LogP contribution in [-0.2, 0) is 9.53 Å². The summed E-state index contributed by atoms with van der Waals surface area (Å²) in [5, 5.41) is 12.4. The van der Waals surface area contributed by atoms with Gasteiger partial charge in [-0.3, -0.25) is 4.79 Å². The summed E-state index contributed by atoms with van der Waals surface area (Å²) in [6, 6.07) is 7.60. The summed E-state index contributed by atoms with van der Waals surface area (Å²) in [7, 11) is 0. The lowest BCUT2D eigenvalue weighted by molar-refractivity contribution is -0.148. The molecule has 1 aliphatic heterocycles. The Kier molecular flexibility index (Phi) is 7.95. The number of esters is 1. The molecule has 6 atom stereocenters. The molecule has 4 rings (SSSR count). The first kappa shape index (κ1) is 25.5. The number of carbonyl (C=O) groups is 1. The van der Waals surface area contributed by atoms with Gasteiger partial charge >= 0.3 is 5.97 Å². The smallest absolute Gasteiger partial charge is 0.303 e. The summed E-state index contributed by atoms with van der Waals surface area (Å²) < 4.78 is 11.6. The second kappa shape index (κ2) is 10.6. The van der Waals surface area contributed by atoms with Crippen molar-refractivity contribution < 1.29 is 19.4 Å². The predicted octanol–water partition coefficient (Wildman–Crippen LogP) is 5.19. The van der Waals surface area contributed by atoms with E-state index in [2.05, 4.69) is 31.2 Å². The topological polar surface area (TPSA) is 59.0 Å². The van der Waals surface area contributed by atoms with Crippen LogP contribution in [0.1, 0.15) is 53.4 Å². The van der Waals surface area contributed by atoms with Crippen LogP contribution in [0.2, 0.25) is 5.02 Å². The van der Waals surface area contributed by atoms with E-state index in [1.54, 1.807) is 0 Å². The van der Waals surface area contributed by atoms with Gasteiger partial charge in [0.05, 0.1) is 12.0 Å². The maximum absolute atomic E-state index is 11.7. The lowest BCUT2D eigenvalue weighted by Gasteiger charge is -2.52. The first-order valence-corrected chi connectivity index (χ1v) is 13.0. The van der Waals surface area contributed by atoms with Crippen LogP contribution in [0.25, 0.3) is 0 Å². The third-order valence-electron chi connectivity index (χ3n) is 8.08. The van der Waals surface area contributed by atoms with Gasteiger partial charge in [-0.25, -0.2) is 0 Å². The van der Waals surface area contributed by atoms with Gasteiger partial charge in [-0.1, -0.05) is 31.5 Å². The SMILES string of the molecule is CC(=O)O[C@@H]1[C][C@@]2(O)[C@H](C)CC[C@@H]([C@@H](C)CN3CCC(Oc4ccc(Cl)cc4)CC3)[C@H]2C=C1C. The average molecular weight is 488 g/mol. The summed E-state index contributed by atoms with van der Waals surface area (Å²) in [5.74, 6) is 1.43. The van der Waals surface area contributed by atoms with E-state index < -0.39 is 11.7 Å². The Morgan fingerprint density at radius 1 is 1.24 bits per heavy atom. The maximum Gasteiger partial charge on any atom is 0.303 e. The number of hydrogen-bond donors (Lipinski definition) is 1. The van der Waals surface area contributed by atoms with E-state index >= 15 is 0 Å². The largest absolute Gasteiger partial charge is 0.490 e. The van der Waals surface area contributed by atoms with E-state index in [4.69, 9.17) is 21.1 Å². The second-order valence-corrected chi connectivity index (χ2v) is 11.0. The number of carbonyl (C=O) groups excluding carboxylic acids is 1. The van der Waals surface area contributed by atoms with Crippen LogP contribution in [0.5, 0.6) is 5.75 Å². The molecule has 2 aliphatic carbocycles. The van der Waals surface area contributed by atoms with Crippen LogP contribution in [0.3, 0.4) is 0 Å². The highest BCUT2D eigenvalue weighted by Gasteiger charge is 2.53. The molecular weight excluding hydrogens is 450 g/mol. The zero-order valence-corrected chi connectivity index (χ0v) is 21.6. The summed E-state index contributed by atoms with van der Waals surface area (Å²) in [5.41, 5.74) is -0.0905. The number of ether oxygens (including phenoxy) is 2. The highest BCUT2D eigenvalue weighted by Crippen LogP contribution is 2.51. The van der Waals surface area contributed by atoms with E-state index in [1.807, 2.05) is 31.2 Å². The fourth-order valence-corrected chi connectivity index (χ4v) is 6.19. The van der Waals surface area contributed by atoms with Crippen LogP contribution < -0.4 is 4.74 Å². The second-order valence-electron chi connectivity index (χ2n) is 10.6. The molecule has 34 heavy (non-hydrogen) atoms. The fraction of sp³-hybridized carbons (Fsp3) is 0.643. The van der Waals surface area contributed by atoms with Crippen molar-refractivity contribution in [3.63, 3.8) is 0 Å². The minimum absolute atomic E-state index is 0.00355. The fourth-order valence-electron chi connectivity index (χ4n) is 6.07. The molecule has 3 aliphatic rings. The molecule has 1 N–H and O–H groups in total. The van der Waals surface area contributed by atoms with Gasteiger partial charge in [-0.05, 0) is 80.2 Å². The average Bonchev–Trinajstić information content (AvgIpc) is 2.78. The van der Waals surface area contributed by atoms with Gasteiger partial charge in [0.1, 0.15) is 18.0 Å². The van der Waals surface area contributed by atoms with Gasteiger partial charge < -0.3 is 19.5 Å². The predicted molar refractivity (Wildman–Crippen MR) is 134 cm³/mol. The number of fused-ring (bicyclic) bond motifs is 1. The lowest BCUT2D eigenvalue weighted by Crippen LogP contribution is -2.57. The minimum Gasteiger partial charge on any atom is -0.490 e. The van der Waals surface area contributed by atoms with E-state index in [-0.39, 0.29) is 23.9 Å². The molecule has 6 heteroatoms. The molecule has 0 spiro atoms. The molecule has 0 bridgehead atoms. The van der Waals surface area contributed by atoms with Gasteiger partial charge in [0, 0.05) is 37.5 Å². The van der Waals surface area contributed by atoms with Crippen LogP contribution in [0, 0.1) is 30.1 Å². The van der Waals surface area contributed by atoms with E-state index in [0.29, 0.717) is 11.8 Å². The van der Waals surface area contributed by atoms with Crippen molar-refractivity contribution in [3.05, 3.63) is 47.4 Å². The lowest BCUT2D eigenvalue weighted by atomic mass is 9.57. The third-order valence-corrected chi connectivity index (χ3v) is 8.34. The number of piperidine rings is 1. The molecule has 1 aromatic rings. The summed E-state index contributed by atoms with van der Waals surface area (Å²) in [4.78, 5) is 14.1. The molecule has 0 amide bonds. The Balaban J connectivity index is 1.35. The van der Waals surface area contributed by atoms with Crippen molar-refractivity contribution in [1.29, 1.82) is 0 Å². The molecule has 1 aromatic carbocycles. The Labute approximate surface area is 209 Å². The number of likely N-dealkylation sites (tertiary alicyclic amines) is 1. The number of aliphatic hydroxyl groups is 1. The minimum atomic E-state index is -1.06. The van der Waals surface area contributed by atoms with E-state index in [9.17, 15) is 9.90 Å². The van der Waals surface area contributed by atoms with Crippen LogP contribution >= 0.6 is 11.6 Å². The Morgan fingerprint density at radius 2 is 1.91 bits per heavy atom.